The summed E-state index contributed by atoms with van der Waals surface area (Å²) in [6.07, 6.45) is 5.29. The van der Waals surface area contributed by atoms with E-state index in [0.717, 1.165) is 5.75 Å². The molecule has 0 aliphatic carbocycles. The summed E-state index contributed by atoms with van der Waals surface area (Å²) in [5.41, 5.74) is 5.90. The first-order valence-corrected chi connectivity index (χ1v) is 12.7. The van der Waals surface area contributed by atoms with Gasteiger partial charge in [-0.3, -0.25) is 19.2 Å². The molecule has 0 rings (SSSR count). The average molecular weight is 465 g/mol. The molecular weight excluding hydrogens is 428 g/mol. The Morgan fingerprint density at radius 1 is 0.900 bits per heavy atom. The second kappa shape index (κ2) is 15.4. The van der Waals surface area contributed by atoms with Crippen molar-refractivity contribution in [3.63, 3.8) is 0 Å². The van der Waals surface area contributed by atoms with Crippen LogP contribution in [0.1, 0.15) is 40.0 Å². The van der Waals surface area contributed by atoms with Crippen LogP contribution in [0.5, 0.6) is 0 Å². The SMILES string of the molecule is CC[C@H](C)[C@H](NC(=O)[C@H](CCSC)NC(=O)[C@@H](N)CCSC)C(=O)N[C@@H](C)C(=O)O. The molecule has 0 unspecified atom stereocenters. The van der Waals surface area contributed by atoms with Gasteiger partial charge in [-0.15, -0.1) is 0 Å². The highest BCUT2D eigenvalue weighted by atomic mass is 32.2. The third kappa shape index (κ3) is 10.5. The largest absolute Gasteiger partial charge is 0.480 e. The summed E-state index contributed by atoms with van der Waals surface area (Å²) in [4.78, 5) is 48.9. The molecule has 0 spiro atoms. The average Bonchev–Trinajstić information content (AvgIpc) is 2.71. The van der Waals surface area contributed by atoms with E-state index in [1.807, 2.05) is 19.4 Å². The molecule has 0 fully saturated rings. The van der Waals surface area contributed by atoms with Crippen molar-refractivity contribution in [2.75, 3.05) is 24.0 Å². The van der Waals surface area contributed by atoms with Crippen LogP contribution in [0, 0.1) is 5.92 Å². The summed E-state index contributed by atoms with van der Waals surface area (Å²) < 4.78 is 0. The van der Waals surface area contributed by atoms with Gasteiger partial charge < -0.3 is 26.8 Å². The molecule has 0 aromatic heterocycles. The van der Waals surface area contributed by atoms with Gasteiger partial charge in [-0.2, -0.15) is 23.5 Å². The van der Waals surface area contributed by atoms with E-state index >= 15 is 0 Å². The summed E-state index contributed by atoms with van der Waals surface area (Å²) in [7, 11) is 0. The fourth-order valence-electron chi connectivity index (χ4n) is 2.48. The molecule has 5 atom stereocenters. The van der Waals surface area contributed by atoms with Crippen LogP contribution >= 0.6 is 23.5 Å². The molecule has 0 aliphatic rings. The summed E-state index contributed by atoms with van der Waals surface area (Å²) in [6, 6.07) is -3.54. The zero-order valence-electron chi connectivity index (χ0n) is 18.4. The van der Waals surface area contributed by atoms with Gasteiger partial charge in [-0.05, 0) is 49.7 Å². The molecule has 9 nitrogen and oxygen atoms in total. The molecule has 30 heavy (non-hydrogen) atoms. The van der Waals surface area contributed by atoms with E-state index in [1.165, 1.54) is 18.7 Å². The number of nitrogens with one attached hydrogen (secondary N) is 3. The van der Waals surface area contributed by atoms with E-state index < -0.39 is 47.9 Å². The summed E-state index contributed by atoms with van der Waals surface area (Å²) in [5.74, 6) is -1.49. The van der Waals surface area contributed by atoms with Crippen LogP contribution in [0.2, 0.25) is 0 Å². The van der Waals surface area contributed by atoms with Gasteiger partial charge >= 0.3 is 5.97 Å². The van der Waals surface area contributed by atoms with Gasteiger partial charge in [0.05, 0.1) is 6.04 Å². The minimum absolute atomic E-state index is 0.226. The predicted molar refractivity (Wildman–Crippen MR) is 123 cm³/mol. The van der Waals surface area contributed by atoms with Crippen molar-refractivity contribution in [3.8, 4) is 0 Å². The van der Waals surface area contributed by atoms with Crippen LogP contribution in [0.25, 0.3) is 0 Å². The first kappa shape index (κ1) is 28.5. The molecule has 0 aromatic rings. The molecule has 0 saturated heterocycles. The van der Waals surface area contributed by atoms with E-state index in [4.69, 9.17) is 10.8 Å². The first-order valence-electron chi connectivity index (χ1n) is 9.96. The van der Waals surface area contributed by atoms with E-state index in [0.29, 0.717) is 25.0 Å². The van der Waals surface area contributed by atoms with Gasteiger partial charge in [0.25, 0.3) is 0 Å². The molecule has 0 aromatic carbocycles. The summed E-state index contributed by atoms with van der Waals surface area (Å²) >= 11 is 3.12. The van der Waals surface area contributed by atoms with Crippen molar-refractivity contribution >= 4 is 47.2 Å². The molecule has 0 radical (unpaired) electrons. The molecule has 6 N–H and O–H groups in total. The van der Waals surface area contributed by atoms with Crippen molar-refractivity contribution in [2.24, 2.45) is 11.7 Å². The zero-order chi connectivity index (χ0) is 23.3. The number of hydrogen-bond acceptors (Lipinski definition) is 7. The van der Waals surface area contributed by atoms with Crippen molar-refractivity contribution in [3.05, 3.63) is 0 Å². The Bertz CT molecular complexity index is 579. The lowest BCUT2D eigenvalue weighted by Crippen LogP contribution is -2.58. The maximum atomic E-state index is 12.9. The number of rotatable bonds is 15. The Morgan fingerprint density at radius 2 is 1.47 bits per heavy atom. The number of amides is 3. The van der Waals surface area contributed by atoms with Gasteiger partial charge in [-0.25, -0.2) is 0 Å². The second-order valence-electron chi connectivity index (χ2n) is 7.17. The van der Waals surface area contributed by atoms with Crippen LogP contribution < -0.4 is 21.7 Å². The number of carbonyl (C=O) groups excluding carboxylic acids is 3. The highest BCUT2D eigenvalue weighted by Crippen LogP contribution is 2.10. The highest BCUT2D eigenvalue weighted by molar-refractivity contribution is 7.98. The third-order valence-electron chi connectivity index (χ3n) is 4.74. The van der Waals surface area contributed by atoms with Gasteiger partial charge in [0, 0.05) is 0 Å². The molecular formula is C19H36N4O5S2. The monoisotopic (exact) mass is 464 g/mol. The van der Waals surface area contributed by atoms with Gasteiger partial charge in [-0.1, -0.05) is 20.3 Å². The summed E-state index contributed by atoms with van der Waals surface area (Å²) in [6.45, 7) is 5.02. The number of nitrogens with two attached hydrogens (primary N) is 1. The van der Waals surface area contributed by atoms with Crippen molar-refractivity contribution in [2.45, 2.75) is 64.2 Å². The molecule has 0 aliphatic heterocycles. The molecule has 3 amide bonds. The lowest BCUT2D eigenvalue weighted by atomic mass is 9.97. The van der Waals surface area contributed by atoms with Gasteiger partial charge in [0.15, 0.2) is 0 Å². The molecule has 0 saturated carbocycles. The van der Waals surface area contributed by atoms with E-state index in [1.54, 1.807) is 18.7 Å². The van der Waals surface area contributed by atoms with Crippen LogP contribution in [0.15, 0.2) is 0 Å². The fraction of sp³-hybridized carbons (Fsp3) is 0.789. The molecule has 0 heterocycles. The second-order valence-corrected chi connectivity index (χ2v) is 9.14. The number of thioether (sulfide) groups is 2. The van der Waals surface area contributed by atoms with Crippen LogP contribution in [0.3, 0.4) is 0 Å². The maximum Gasteiger partial charge on any atom is 0.325 e. The van der Waals surface area contributed by atoms with Crippen molar-refractivity contribution in [1.82, 2.24) is 16.0 Å². The van der Waals surface area contributed by atoms with E-state index in [9.17, 15) is 19.2 Å². The third-order valence-corrected chi connectivity index (χ3v) is 6.02. The Morgan fingerprint density at radius 3 is 1.97 bits per heavy atom. The van der Waals surface area contributed by atoms with Gasteiger partial charge in [0.1, 0.15) is 18.1 Å². The maximum absolute atomic E-state index is 12.9. The topological polar surface area (TPSA) is 151 Å². The molecule has 0 bridgehead atoms. The first-order chi connectivity index (χ1) is 14.1. The van der Waals surface area contributed by atoms with Crippen molar-refractivity contribution < 1.29 is 24.3 Å². The fourth-order valence-corrected chi connectivity index (χ4v) is 3.44. The lowest BCUT2D eigenvalue weighted by molar-refractivity contribution is -0.142. The quantitative estimate of drug-likeness (QED) is 0.234. The number of hydrogen-bond donors (Lipinski definition) is 5. The van der Waals surface area contributed by atoms with Crippen molar-refractivity contribution in [1.29, 1.82) is 0 Å². The Kier molecular flexibility index (Phi) is 14.6. The molecule has 174 valence electrons. The smallest absolute Gasteiger partial charge is 0.325 e. The van der Waals surface area contributed by atoms with E-state index in [2.05, 4.69) is 16.0 Å². The minimum Gasteiger partial charge on any atom is -0.480 e. The van der Waals surface area contributed by atoms with Crippen LogP contribution in [-0.4, -0.2) is 77.0 Å². The predicted octanol–water partition coefficient (Wildman–Crippen LogP) is 0.425. The Hall–Kier alpha value is -1.46. The van der Waals surface area contributed by atoms with Crippen LogP contribution in [-0.2, 0) is 19.2 Å². The van der Waals surface area contributed by atoms with Gasteiger partial charge in [0.2, 0.25) is 17.7 Å². The summed E-state index contributed by atoms with van der Waals surface area (Å²) in [5, 5.41) is 16.8. The minimum atomic E-state index is -1.16. The van der Waals surface area contributed by atoms with Crippen LogP contribution in [0.4, 0.5) is 0 Å². The Balaban J connectivity index is 5.29. The number of aliphatic carboxylic acids is 1. The zero-order valence-corrected chi connectivity index (χ0v) is 20.0. The number of carboxylic acids is 1. The van der Waals surface area contributed by atoms with E-state index in [-0.39, 0.29) is 5.92 Å². The molecule has 11 heteroatoms. The number of carbonyl (C=O) groups is 4. The lowest BCUT2D eigenvalue weighted by Gasteiger charge is -2.27. The number of carboxylic acid groups (broad SMARTS) is 1. The standard InChI is InChI=1S/C19H36N4O5S2/c1-6-11(2)15(18(26)21-12(3)19(27)28)23-17(25)14(8-10-30-5)22-16(24)13(20)7-9-29-4/h11-15H,6-10,20H2,1-5H3,(H,21,26)(H,22,24)(H,23,25)(H,27,28)/t11-,12-,13-,14-,15-/m0/s1. The Labute approximate surface area is 187 Å². The normalized spacial score (nSPS) is 15.9. The highest BCUT2D eigenvalue weighted by Gasteiger charge is 2.31.